The van der Waals surface area contributed by atoms with Gasteiger partial charge >= 0.3 is 0 Å². The molecule has 26 heavy (non-hydrogen) atoms. The lowest BCUT2D eigenvalue weighted by Gasteiger charge is -2.18. The van der Waals surface area contributed by atoms with E-state index in [9.17, 15) is 13.2 Å². The van der Waals surface area contributed by atoms with Gasteiger partial charge in [-0.3, -0.25) is 4.79 Å². The van der Waals surface area contributed by atoms with E-state index >= 15 is 0 Å². The number of hydrogen-bond acceptors (Lipinski definition) is 5. The molecule has 0 aromatic heterocycles. The maximum atomic E-state index is 12.5. The SMILES string of the molecule is O=C(CCS(=O)(=O)c1ccc2c(c1)OCCO2)Nc1ccc(Cl)c(Cl)c1. The van der Waals surface area contributed by atoms with Crippen LogP contribution in [0.15, 0.2) is 41.3 Å². The monoisotopic (exact) mass is 415 g/mol. The van der Waals surface area contributed by atoms with Crippen molar-refractivity contribution in [1.82, 2.24) is 0 Å². The number of fused-ring (bicyclic) bond motifs is 1. The van der Waals surface area contributed by atoms with Crippen molar-refractivity contribution in [2.24, 2.45) is 0 Å². The second-order valence-electron chi connectivity index (χ2n) is 5.55. The highest BCUT2D eigenvalue weighted by Crippen LogP contribution is 2.32. The minimum absolute atomic E-state index is 0.0871. The summed E-state index contributed by atoms with van der Waals surface area (Å²) in [4.78, 5) is 12.1. The number of benzene rings is 2. The van der Waals surface area contributed by atoms with Crippen LogP contribution >= 0.6 is 23.2 Å². The van der Waals surface area contributed by atoms with Gasteiger partial charge in [-0.15, -0.1) is 0 Å². The summed E-state index contributed by atoms with van der Waals surface area (Å²) in [5.41, 5.74) is 0.445. The van der Waals surface area contributed by atoms with Crippen LogP contribution in [0.1, 0.15) is 6.42 Å². The molecule has 0 fully saturated rings. The van der Waals surface area contributed by atoms with Crippen molar-refractivity contribution in [1.29, 1.82) is 0 Å². The summed E-state index contributed by atoms with van der Waals surface area (Å²) < 4.78 is 35.7. The highest BCUT2D eigenvalue weighted by atomic mass is 35.5. The number of hydrogen-bond donors (Lipinski definition) is 1. The van der Waals surface area contributed by atoms with E-state index in [-0.39, 0.29) is 17.1 Å². The summed E-state index contributed by atoms with van der Waals surface area (Å²) in [5.74, 6) is 0.120. The number of halogens is 2. The summed E-state index contributed by atoms with van der Waals surface area (Å²) >= 11 is 11.7. The first-order valence-electron chi connectivity index (χ1n) is 7.72. The number of rotatable bonds is 5. The van der Waals surface area contributed by atoms with E-state index < -0.39 is 15.7 Å². The van der Waals surface area contributed by atoms with Gasteiger partial charge in [0, 0.05) is 18.2 Å². The fourth-order valence-electron chi connectivity index (χ4n) is 2.36. The Kier molecular flexibility index (Phi) is 5.60. The third kappa shape index (κ3) is 4.41. The number of anilines is 1. The van der Waals surface area contributed by atoms with Crippen LogP contribution in [-0.2, 0) is 14.6 Å². The van der Waals surface area contributed by atoms with Crippen molar-refractivity contribution < 1.29 is 22.7 Å². The number of carbonyl (C=O) groups excluding carboxylic acids is 1. The van der Waals surface area contributed by atoms with Crippen molar-refractivity contribution in [3.8, 4) is 11.5 Å². The van der Waals surface area contributed by atoms with Gasteiger partial charge in [0.25, 0.3) is 0 Å². The number of nitrogens with one attached hydrogen (secondary N) is 1. The Labute approximate surface area is 160 Å². The zero-order valence-electron chi connectivity index (χ0n) is 13.5. The Morgan fingerprint density at radius 2 is 1.73 bits per heavy atom. The molecular formula is C17H15Cl2NO5S. The third-order valence-corrected chi connectivity index (χ3v) is 6.13. The topological polar surface area (TPSA) is 81.7 Å². The lowest BCUT2D eigenvalue weighted by atomic mass is 10.3. The molecule has 0 saturated heterocycles. The van der Waals surface area contributed by atoms with Crippen LogP contribution in [0.5, 0.6) is 11.5 Å². The summed E-state index contributed by atoms with van der Waals surface area (Å²) in [7, 11) is -3.64. The van der Waals surface area contributed by atoms with Gasteiger partial charge in [-0.2, -0.15) is 0 Å². The van der Waals surface area contributed by atoms with Crippen molar-refractivity contribution in [2.45, 2.75) is 11.3 Å². The Bertz CT molecular complexity index is 946. The average Bonchev–Trinajstić information content (AvgIpc) is 2.63. The minimum atomic E-state index is -3.64. The molecular weight excluding hydrogens is 401 g/mol. The zero-order chi connectivity index (χ0) is 18.7. The Morgan fingerprint density at radius 1 is 1.00 bits per heavy atom. The lowest BCUT2D eigenvalue weighted by Crippen LogP contribution is -2.18. The first-order chi connectivity index (χ1) is 12.3. The summed E-state index contributed by atoms with van der Waals surface area (Å²) in [6.45, 7) is 0.788. The molecule has 138 valence electrons. The van der Waals surface area contributed by atoms with E-state index in [1.165, 1.54) is 18.2 Å². The van der Waals surface area contributed by atoms with E-state index in [0.717, 1.165) is 0 Å². The predicted octanol–water partition coefficient (Wildman–Crippen LogP) is 3.57. The molecule has 3 rings (SSSR count). The highest BCUT2D eigenvalue weighted by Gasteiger charge is 2.20. The van der Waals surface area contributed by atoms with E-state index in [1.54, 1.807) is 18.2 Å². The molecule has 2 aromatic rings. The number of sulfone groups is 1. The second-order valence-corrected chi connectivity index (χ2v) is 8.47. The molecule has 1 aliphatic heterocycles. The second kappa shape index (κ2) is 7.73. The van der Waals surface area contributed by atoms with Crippen molar-refractivity contribution in [2.75, 3.05) is 24.3 Å². The quantitative estimate of drug-likeness (QED) is 0.806. The molecule has 1 amide bonds. The Hall–Kier alpha value is -1.96. The van der Waals surface area contributed by atoms with E-state index in [4.69, 9.17) is 32.7 Å². The summed E-state index contributed by atoms with van der Waals surface area (Å²) in [6.07, 6.45) is -0.197. The van der Waals surface area contributed by atoms with Gasteiger partial charge in [-0.05, 0) is 30.3 Å². The minimum Gasteiger partial charge on any atom is -0.486 e. The normalized spacial score (nSPS) is 13.3. The van der Waals surface area contributed by atoms with E-state index in [1.807, 2.05) is 0 Å². The molecule has 1 aliphatic rings. The molecule has 1 heterocycles. The molecule has 0 bridgehead atoms. The van der Waals surface area contributed by atoms with Gasteiger partial charge in [-0.25, -0.2) is 8.42 Å². The smallest absolute Gasteiger partial charge is 0.225 e. The molecule has 0 aliphatic carbocycles. The number of carbonyl (C=O) groups is 1. The molecule has 6 nitrogen and oxygen atoms in total. The van der Waals surface area contributed by atoms with Gasteiger partial charge in [0.1, 0.15) is 13.2 Å². The Balaban J connectivity index is 1.64. The largest absolute Gasteiger partial charge is 0.486 e. The lowest BCUT2D eigenvalue weighted by molar-refractivity contribution is -0.115. The van der Waals surface area contributed by atoms with E-state index in [0.29, 0.717) is 40.4 Å². The van der Waals surface area contributed by atoms with Crippen molar-refractivity contribution >= 4 is 44.6 Å². The molecule has 0 unspecified atom stereocenters. The number of ether oxygens (including phenoxy) is 2. The zero-order valence-corrected chi connectivity index (χ0v) is 15.8. The molecule has 0 spiro atoms. The fourth-order valence-corrected chi connectivity index (χ4v) is 3.91. The van der Waals surface area contributed by atoms with Crippen LogP contribution in [0.2, 0.25) is 10.0 Å². The standard InChI is InChI=1S/C17H15Cl2NO5S/c18-13-3-1-11(9-14(13)19)20-17(21)5-8-26(22,23)12-2-4-15-16(10-12)25-7-6-24-15/h1-4,9-10H,5-8H2,(H,20,21). The maximum Gasteiger partial charge on any atom is 0.225 e. The van der Waals surface area contributed by atoms with Crippen molar-refractivity contribution in [3.05, 3.63) is 46.4 Å². The fraction of sp³-hybridized carbons (Fsp3) is 0.235. The molecule has 2 aromatic carbocycles. The highest BCUT2D eigenvalue weighted by molar-refractivity contribution is 7.91. The molecule has 0 radical (unpaired) electrons. The van der Waals surface area contributed by atoms with Crippen molar-refractivity contribution in [3.63, 3.8) is 0 Å². The maximum absolute atomic E-state index is 12.5. The van der Waals surface area contributed by atoms with Gasteiger partial charge in [0.05, 0.1) is 20.7 Å². The molecule has 0 atom stereocenters. The number of amides is 1. The molecule has 9 heteroatoms. The van der Waals surface area contributed by atoms with Gasteiger partial charge in [0.2, 0.25) is 5.91 Å². The van der Waals surface area contributed by atoms with Crippen LogP contribution < -0.4 is 14.8 Å². The predicted molar refractivity (Wildman–Crippen MR) is 99.2 cm³/mol. The van der Waals surface area contributed by atoms with Crippen LogP contribution in [0.25, 0.3) is 0 Å². The van der Waals surface area contributed by atoms with Crippen LogP contribution in [0.3, 0.4) is 0 Å². The summed E-state index contributed by atoms with van der Waals surface area (Å²) in [5, 5.41) is 3.26. The summed E-state index contributed by atoms with van der Waals surface area (Å²) in [6, 6.07) is 9.04. The van der Waals surface area contributed by atoms with Crippen LogP contribution in [-0.4, -0.2) is 33.3 Å². The van der Waals surface area contributed by atoms with Gasteiger partial charge < -0.3 is 14.8 Å². The third-order valence-electron chi connectivity index (χ3n) is 3.67. The average molecular weight is 416 g/mol. The van der Waals surface area contributed by atoms with Crippen LogP contribution in [0, 0.1) is 0 Å². The Morgan fingerprint density at radius 3 is 2.46 bits per heavy atom. The first kappa shape index (κ1) is 18.8. The molecule has 0 saturated carbocycles. The van der Waals surface area contributed by atoms with Gasteiger partial charge in [0.15, 0.2) is 21.3 Å². The van der Waals surface area contributed by atoms with Crippen LogP contribution in [0.4, 0.5) is 5.69 Å². The van der Waals surface area contributed by atoms with Gasteiger partial charge in [-0.1, -0.05) is 23.2 Å². The first-order valence-corrected chi connectivity index (χ1v) is 10.1. The van der Waals surface area contributed by atoms with E-state index in [2.05, 4.69) is 5.32 Å². The molecule has 1 N–H and O–H groups in total.